The molecule has 2 rings (SSSR count). The lowest BCUT2D eigenvalue weighted by atomic mass is 9.99. The summed E-state index contributed by atoms with van der Waals surface area (Å²) in [6.45, 7) is 6.49. The molecule has 1 aromatic rings. The fraction of sp³-hybridized carbons (Fsp3) is 0.538. The first kappa shape index (κ1) is 11.4. The third-order valence-corrected chi connectivity index (χ3v) is 3.25. The van der Waals surface area contributed by atoms with Crippen molar-refractivity contribution in [1.29, 1.82) is 0 Å². The van der Waals surface area contributed by atoms with Gasteiger partial charge in [-0.2, -0.15) is 0 Å². The van der Waals surface area contributed by atoms with E-state index in [1.807, 2.05) is 12.1 Å². The molecule has 1 heterocycles. The van der Waals surface area contributed by atoms with Crippen LogP contribution in [-0.2, 0) is 0 Å². The molecule has 1 aliphatic heterocycles. The summed E-state index contributed by atoms with van der Waals surface area (Å²) >= 11 is 0. The Hall–Kier alpha value is -1.09. The van der Waals surface area contributed by atoms with E-state index in [0.717, 1.165) is 37.8 Å². The highest BCUT2D eigenvalue weighted by atomic mass is 19.1. The van der Waals surface area contributed by atoms with Crippen molar-refractivity contribution in [1.82, 2.24) is 5.32 Å². The molecule has 2 nitrogen and oxygen atoms in total. The van der Waals surface area contributed by atoms with Crippen molar-refractivity contribution in [3.05, 3.63) is 30.1 Å². The highest BCUT2D eigenvalue weighted by Gasteiger charge is 2.17. The van der Waals surface area contributed by atoms with Gasteiger partial charge in [-0.25, -0.2) is 4.39 Å². The van der Waals surface area contributed by atoms with E-state index >= 15 is 0 Å². The van der Waals surface area contributed by atoms with Crippen molar-refractivity contribution in [2.75, 3.05) is 31.1 Å². The van der Waals surface area contributed by atoms with Gasteiger partial charge < -0.3 is 10.2 Å². The molecule has 1 aliphatic rings. The largest absolute Gasteiger partial charge is 0.372 e. The summed E-state index contributed by atoms with van der Waals surface area (Å²) in [4.78, 5) is 2.30. The fourth-order valence-electron chi connectivity index (χ4n) is 2.01. The molecule has 1 N–H and O–H groups in total. The van der Waals surface area contributed by atoms with E-state index in [9.17, 15) is 4.39 Å². The smallest absolute Gasteiger partial charge is 0.123 e. The number of halogens is 1. The van der Waals surface area contributed by atoms with Crippen molar-refractivity contribution in [2.24, 2.45) is 5.92 Å². The molecule has 0 atom stereocenters. The van der Waals surface area contributed by atoms with Crippen LogP contribution in [0.5, 0.6) is 0 Å². The number of anilines is 1. The van der Waals surface area contributed by atoms with Crippen LogP contribution in [0.1, 0.15) is 13.3 Å². The number of benzene rings is 1. The first-order valence-corrected chi connectivity index (χ1v) is 6.01. The summed E-state index contributed by atoms with van der Waals surface area (Å²) in [6.07, 6.45) is 1.22. The third kappa shape index (κ3) is 2.73. The van der Waals surface area contributed by atoms with Gasteiger partial charge in [0.1, 0.15) is 5.82 Å². The Labute approximate surface area is 96.5 Å². The maximum absolute atomic E-state index is 12.8. The van der Waals surface area contributed by atoms with Crippen LogP contribution in [0.25, 0.3) is 0 Å². The lowest BCUT2D eigenvalue weighted by Gasteiger charge is -2.31. The molecule has 0 bridgehead atoms. The van der Waals surface area contributed by atoms with Crippen LogP contribution in [0.15, 0.2) is 24.3 Å². The molecule has 0 radical (unpaired) electrons. The predicted octanol–water partition coefficient (Wildman–Crippen LogP) is 2.26. The zero-order chi connectivity index (χ0) is 11.4. The molecule has 1 aromatic carbocycles. The topological polar surface area (TPSA) is 15.3 Å². The minimum atomic E-state index is -0.164. The number of hydrogen-bond acceptors (Lipinski definition) is 2. The predicted molar refractivity (Wildman–Crippen MR) is 65.3 cm³/mol. The van der Waals surface area contributed by atoms with Gasteiger partial charge >= 0.3 is 0 Å². The zero-order valence-electron chi connectivity index (χ0n) is 9.75. The maximum Gasteiger partial charge on any atom is 0.123 e. The number of nitrogens with zero attached hydrogens (tertiary/aromatic N) is 1. The lowest BCUT2D eigenvalue weighted by molar-refractivity contribution is 0.329. The van der Waals surface area contributed by atoms with Gasteiger partial charge in [0.25, 0.3) is 0 Å². The molecule has 16 heavy (non-hydrogen) atoms. The number of hydrogen-bond donors (Lipinski definition) is 1. The molecule has 0 aliphatic carbocycles. The van der Waals surface area contributed by atoms with Gasteiger partial charge in [-0.3, -0.25) is 0 Å². The van der Waals surface area contributed by atoms with Crippen molar-refractivity contribution < 1.29 is 4.39 Å². The molecule has 0 saturated carbocycles. The Morgan fingerprint density at radius 3 is 2.50 bits per heavy atom. The summed E-state index contributed by atoms with van der Waals surface area (Å²) in [5.74, 6) is 0.664. The molecule has 0 aromatic heterocycles. The molecule has 88 valence electrons. The Kier molecular flexibility index (Phi) is 3.78. The van der Waals surface area contributed by atoms with E-state index in [4.69, 9.17) is 0 Å². The summed E-state index contributed by atoms with van der Waals surface area (Å²) < 4.78 is 12.8. The maximum atomic E-state index is 12.8. The molecular weight excluding hydrogens is 203 g/mol. The van der Waals surface area contributed by atoms with Crippen LogP contribution in [0, 0.1) is 11.7 Å². The molecule has 0 spiro atoms. The number of nitrogens with one attached hydrogen (secondary N) is 1. The van der Waals surface area contributed by atoms with Gasteiger partial charge in [-0.15, -0.1) is 0 Å². The summed E-state index contributed by atoms with van der Waals surface area (Å²) in [5.41, 5.74) is 1.12. The molecule has 0 amide bonds. The van der Waals surface area contributed by atoms with Crippen molar-refractivity contribution in [3.63, 3.8) is 0 Å². The quantitative estimate of drug-likeness (QED) is 0.822. The normalized spacial score (nSPS) is 15.9. The van der Waals surface area contributed by atoms with Gasteiger partial charge in [0.05, 0.1) is 0 Å². The average Bonchev–Trinajstić information content (AvgIpc) is 2.24. The summed E-state index contributed by atoms with van der Waals surface area (Å²) in [7, 11) is 0. The average molecular weight is 222 g/mol. The van der Waals surface area contributed by atoms with Gasteiger partial charge in [0, 0.05) is 18.8 Å². The molecule has 0 unspecified atom stereocenters. The van der Waals surface area contributed by atoms with E-state index in [1.165, 1.54) is 18.6 Å². The minimum Gasteiger partial charge on any atom is -0.372 e. The molecule has 1 saturated heterocycles. The van der Waals surface area contributed by atoms with Crippen LogP contribution in [0.3, 0.4) is 0 Å². The second-order valence-corrected chi connectivity index (χ2v) is 4.37. The van der Waals surface area contributed by atoms with Gasteiger partial charge in [-0.1, -0.05) is 0 Å². The van der Waals surface area contributed by atoms with E-state index in [1.54, 1.807) is 0 Å². The van der Waals surface area contributed by atoms with Crippen molar-refractivity contribution in [3.8, 4) is 0 Å². The Balaban J connectivity index is 1.90. The van der Waals surface area contributed by atoms with Crippen molar-refractivity contribution >= 4 is 5.69 Å². The second kappa shape index (κ2) is 5.30. The highest BCUT2D eigenvalue weighted by molar-refractivity contribution is 5.45. The summed E-state index contributed by atoms with van der Waals surface area (Å²) in [6, 6.07) is 6.78. The first-order valence-electron chi connectivity index (χ1n) is 6.01. The fourth-order valence-corrected chi connectivity index (χ4v) is 2.01. The van der Waals surface area contributed by atoms with E-state index in [0.29, 0.717) is 0 Å². The SMILES string of the molecule is CCN(CCC1CNC1)c1ccc(F)cc1. The third-order valence-electron chi connectivity index (χ3n) is 3.25. The van der Waals surface area contributed by atoms with Gasteiger partial charge in [0.15, 0.2) is 0 Å². The Morgan fingerprint density at radius 2 is 2.00 bits per heavy atom. The van der Waals surface area contributed by atoms with E-state index < -0.39 is 0 Å². The first-order chi connectivity index (χ1) is 7.79. The minimum absolute atomic E-state index is 0.164. The molecular formula is C13H19FN2. The van der Waals surface area contributed by atoms with Crippen LogP contribution >= 0.6 is 0 Å². The van der Waals surface area contributed by atoms with Crippen molar-refractivity contribution in [2.45, 2.75) is 13.3 Å². The summed E-state index contributed by atoms with van der Waals surface area (Å²) in [5, 5.41) is 3.28. The van der Waals surface area contributed by atoms with Crippen LogP contribution in [0.2, 0.25) is 0 Å². The Morgan fingerprint density at radius 1 is 1.31 bits per heavy atom. The van der Waals surface area contributed by atoms with Gasteiger partial charge in [-0.05, 0) is 56.6 Å². The molecule has 1 fully saturated rings. The standard InChI is InChI=1S/C13H19FN2/c1-2-16(8-7-11-9-15-10-11)13-5-3-12(14)4-6-13/h3-6,11,15H,2,7-10H2,1H3. The van der Waals surface area contributed by atoms with Crippen LogP contribution < -0.4 is 10.2 Å². The van der Waals surface area contributed by atoms with Crippen LogP contribution in [0.4, 0.5) is 10.1 Å². The zero-order valence-corrected chi connectivity index (χ0v) is 9.75. The van der Waals surface area contributed by atoms with E-state index in [2.05, 4.69) is 17.1 Å². The Bertz CT molecular complexity index is 319. The second-order valence-electron chi connectivity index (χ2n) is 4.37. The van der Waals surface area contributed by atoms with E-state index in [-0.39, 0.29) is 5.82 Å². The monoisotopic (exact) mass is 222 g/mol. The van der Waals surface area contributed by atoms with Crippen LogP contribution in [-0.4, -0.2) is 26.2 Å². The number of rotatable bonds is 5. The highest BCUT2D eigenvalue weighted by Crippen LogP contribution is 2.17. The van der Waals surface area contributed by atoms with Gasteiger partial charge in [0.2, 0.25) is 0 Å². The lowest BCUT2D eigenvalue weighted by Crippen LogP contribution is -2.43. The molecule has 3 heteroatoms.